The van der Waals surface area contributed by atoms with Crippen LogP contribution >= 0.6 is 28.3 Å². The molecule has 0 bridgehead atoms. The van der Waals surface area contributed by atoms with Crippen LogP contribution in [0.15, 0.2) is 16.7 Å². The fourth-order valence-corrected chi connectivity index (χ4v) is 3.12. The second-order valence-electron chi connectivity index (χ2n) is 5.38. The third-order valence-electron chi connectivity index (χ3n) is 3.86. The van der Waals surface area contributed by atoms with Crippen molar-refractivity contribution >= 4 is 34.2 Å². The Hall–Kier alpha value is -0.770. The molecule has 1 aliphatic heterocycles. The number of nitrogens with zero attached hydrogens (tertiary/aromatic N) is 2. The van der Waals surface area contributed by atoms with Gasteiger partial charge in [-0.3, -0.25) is 9.69 Å². The lowest BCUT2D eigenvalue weighted by molar-refractivity contribution is -0.183. The van der Waals surface area contributed by atoms with Gasteiger partial charge >= 0.3 is 6.18 Å². The second kappa shape index (κ2) is 9.07. The highest BCUT2D eigenvalue weighted by Crippen LogP contribution is 2.25. The van der Waals surface area contributed by atoms with E-state index in [4.69, 9.17) is 0 Å². The molecule has 10 heteroatoms. The summed E-state index contributed by atoms with van der Waals surface area (Å²) in [4.78, 5) is 13.6. The SMILES string of the molecule is CCn1cc(Br)cc1C(=O)NCC(N1CCNCC1)C(F)(F)F.Cl. The molecule has 1 aliphatic rings. The van der Waals surface area contributed by atoms with Gasteiger partial charge in [0.1, 0.15) is 11.7 Å². The van der Waals surface area contributed by atoms with E-state index >= 15 is 0 Å². The monoisotopic (exact) mass is 432 g/mol. The number of carbonyl (C=O) groups excluding carboxylic acids is 1. The molecule has 1 saturated heterocycles. The van der Waals surface area contributed by atoms with Gasteiger partial charge in [-0.1, -0.05) is 0 Å². The lowest BCUT2D eigenvalue weighted by Gasteiger charge is -2.35. The fourth-order valence-electron chi connectivity index (χ4n) is 2.65. The molecule has 1 atom stereocenters. The zero-order valence-corrected chi connectivity index (χ0v) is 15.6. The Kier molecular flexibility index (Phi) is 8.04. The first-order valence-electron chi connectivity index (χ1n) is 7.48. The summed E-state index contributed by atoms with van der Waals surface area (Å²) < 4.78 is 42.3. The van der Waals surface area contributed by atoms with E-state index in [9.17, 15) is 18.0 Å². The van der Waals surface area contributed by atoms with E-state index in [0.717, 1.165) is 4.47 Å². The van der Waals surface area contributed by atoms with Crippen LogP contribution in [0.5, 0.6) is 0 Å². The third-order valence-corrected chi connectivity index (χ3v) is 4.30. The summed E-state index contributed by atoms with van der Waals surface area (Å²) in [7, 11) is 0. The minimum absolute atomic E-state index is 0. The molecule has 2 heterocycles. The third kappa shape index (κ3) is 5.37. The van der Waals surface area contributed by atoms with Crippen molar-refractivity contribution in [2.75, 3.05) is 32.7 Å². The first kappa shape index (κ1) is 21.3. The Bertz CT molecular complexity index is 547. The van der Waals surface area contributed by atoms with Gasteiger partial charge in [-0.05, 0) is 28.9 Å². The molecular weight excluding hydrogens is 413 g/mol. The van der Waals surface area contributed by atoms with Crippen molar-refractivity contribution < 1.29 is 18.0 Å². The highest BCUT2D eigenvalue weighted by molar-refractivity contribution is 9.10. The summed E-state index contributed by atoms with van der Waals surface area (Å²) in [6.07, 6.45) is -2.65. The van der Waals surface area contributed by atoms with E-state index in [1.54, 1.807) is 16.8 Å². The van der Waals surface area contributed by atoms with Gasteiger partial charge < -0.3 is 15.2 Å². The van der Waals surface area contributed by atoms with E-state index in [-0.39, 0.29) is 12.4 Å². The number of piperazine rings is 1. The molecule has 138 valence electrons. The quantitative estimate of drug-likeness (QED) is 0.749. The molecule has 0 spiro atoms. The lowest BCUT2D eigenvalue weighted by Crippen LogP contribution is -2.57. The molecule has 1 aromatic rings. The van der Waals surface area contributed by atoms with Gasteiger partial charge in [0.05, 0.1) is 0 Å². The molecule has 5 nitrogen and oxygen atoms in total. The summed E-state index contributed by atoms with van der Waals surface area (Å²) in [5, 5.41) is 5.45. The number of aromatic nitrogens is 1. The van der Waals surface area contributed by atoms with Gasteiger partial charge in [0.2, 0.25) is 0 Å². The predicted molar refractivity (Wildman–Crippen MR) is 91.7 cm³/mol. The maximum atomic E-state index is 13.3. The molecule has 0 aromatic carbocycles. The van der Waals surface area contributed by atoms with Gasteiger partial charge in [0.15, 0.2) is 0 Å². The zero-order valence-electron chi connectivity index (χ0n) is 13.2. The van der Waals surface area contributed by atoms with Crippen LogP contribution in [0.2, 0.25) is 0 Å². The van der Waals surface area contributed by atoms with Gasteiger partial charge in [-0.25, -0.2) is 0 Å². The van der Waals surface area contributed by atoms with Crippen LogP contribution in [-0.4, -0.2) is 60.3 Å². The molecule has 2 rings (SSSR count). The number of carbonyl (C=O) groups is 1. The van der Waals surface area contributed by atoms with Crippen molar-refractivity contribution in [1.29, 1.82) is 0 Å². The molecule has 0 radical (unpaired) electrons. The largest absolute Gasteiger partial charge is 0.405 e. The molecular formula is C14H21BrClF3N4O. The summed E-state index contributed by atoms with van der Waals surface area (Å²) in [5.74, 6) is -0.498. The Morgan fingerprint density at radius 3 is 2.58 bits per heavy atom. The lowest BCUT2D eigenvalue weighted by atomic mass is 10.2. The van der Waals surface area contributed by atoms with E-state index in [0.29, 0.717) is 38.4 Å². The van der Waals surface area contributed by atoms with Crippen LogP contribution in [0.25, 0.3) is 0 Å². The first-order chi connectivity index (χ1) is 10.8. The average molecular weight is 434 g/mol. The van der Waals surface area contributed by atoms with Crippen LogP contribution in [-0.2, 0) is 6.54 Å². The Balaban J connectivity index is 0.00000288. The summed E-state index contributed by atoms with van der Waals surface area (Å²) in [5.41, 5.74) is 0.348. The Morgan fingerprint density at radius 2 is 2.04 bits per heavy atom. The fraction of sp³-hybridized carbons (Fsp3) is 0.643. The van der Waals surface area contributed by atoms with Crippen molar-refractivity contribution in [2.45, 2.75) is 25.7 Å². The number of aryl methyl sites for hydroxylation is 1. The van der Waals surface area contributed by atoms with Crippen LogP contribution in [0, 0.1) is 0 Å². The number of rotatable bonds is 5. The predicted octanol–water partition coefficient (Wildman–Crippen LogP) is 2.26. The summed E-state index contributed by atoms with van der Waals surface area (Å²) >= 11 is 3.27. The normalized spacial score (nSPS) is 17.2. The van der Waals surface area contributed by atoms with Gasteiger partial charge in [-0.2, -0.15) is 13.2 Å². The minimum atomic E-state index is -4.38. The van der Waals surface area contributed by atoms with Crippen LogP contribution in [0.3, 0.4) is 0 Å². The average Bonchev–Trinajstić information content (AvgIpc) is 2.88. The van der Waals surface area contributed by atoms with Crippen molar-refractivity contribution in [2.24, 2.45) is 0 Å². The Morgan fingerprint density at radius 1 is 1.42 bits per heavy atom. The minimum Gasteiger partial charge on any atom is -0.349 e. The molecule has 1 aromatic heterocycles. The number of amides is 1. The van der Waals surface area contributed by atoms with E-state index in [2.05, 4.69) is 26.6 Å². The zero-order chi connectivity index (χ0) is 17.0. The molecule has 2 N–H and O–H groups in total. The topological polar surface area (TPSA) is 49.3 Å². The standard InChI is InChI=1S/C14H20BrF3N4O.ClH/c1-2-21-9-10(15)7-11(21)13(23)20-8-12(14(16,17)18)22-5-3-19-4-6-22;/h7,9,12,19H,2-6,8H2,1H3,(H,20,23);1H. The molecule has 1 unspecified atom stereocenters. The molecule has 0 saturated carbocycles. The van der Waals surface area contributed by atoms with Crippen LogP contribution in [0.1, 0.15) is 17.4 Å². The molecule has 24 heavy (non-hydrogen) atoms. The van der Waals surface area contributed by atoms with E-state index in [1.165, 1.54) is 4.90 Å². The summed E-state index contributed by atoms with van der Waals surface area (Å²) in [6, 6.07) is -0.0614. The van der Waals surface area contributed by atoms with Gasteiger partial charge in [-0.15, -0.1) is 12.4 Å². The van der Waals surface area contributed by atoms with Crippen molar-refractivity contribution in [3.8, 4) is 0 Å². The maximum absolute atomic E-state index is 13.3. The van der Waals surface area contributed by atoms with Crippen LogP contribution < -0.4 is 10.6 Å². The molecule has 0 aliphatic carbocycles. The Labute approximate surface area is 153 Å². The van der Waals surface area contributed by atoms with Gasteiger partial charge in [0.25, 0.3) is 5.91 Å². The number of hydrogen-bond acceptors (Lipinski definition) is 3. The highest BCUT2D eigenvalue weighted by atomic mass is 79.9. The maximum Gasteiger partial charge on any atom is 0.405 e. The second-order valence-corrected chi connectivity index (χ2v) is 6.30. The summed E-state index contributed by atoms with van der Waals surface area (Å²) in [6.45, 7) is 3.65. The van der Waals surface area contributed by atoms with E-state index < -0.39 is 24.7 Å². The number of hydrogen-bond donors (Lipinski definition) is 2. The first-order valence-corrected chi connectivity index (χ1v) is 8.27. The van der Waals surface area contributed by atoms with Crippen molar-refractivity contribution in [3.05, 3.63) is 22.4 Å². The van der Waals surface area contributed by atoms with E-state index in [1.807, 2.05) is 6.92 Å². The highest BCUT2D eigenvalue weighted by Gasteiger charge is 2.43. The van der Waals surface area contributed by atoms with Gasteiger partial charge in [0, 0.05) is 49.9 Å². The van der Waals surface area contributed by atoms with Crippen LogP contribution in [0.4, 0.5) is 13.2 Å². The molecule has 1 fully saturated rings. The number of nitrogens with one attached hydrogen (secondary N) is 2. The number of alkyl halides is 3. The van der Waals surface area contributed by atoms with Crippen molar-refractivity contribution in [1.82, 2.24) is 20.1 Å². The smallest absolute Gasteiger partial charge is 0.349 e. The number of halogens is 5. The molecule has 1 amide bonds. The van der Waals surface area contributed by atoms with Crippen molar-refractivity contribution in [3.63, 3.8) is 0 Å².